The van der Waals surface area contributed by atoms with Gasteiger partial charge in [-0.25, -0.2) is 0 Å². The van der Waals surface area contributed by atoms with Crippen LogP contribution in [-0.4, -0.2) is 48.8 Å². The molecule has 0 bridgehead atoms. The fraction of sp³-hybridized carbons (Fsp3) is 0.615. The van der Waals surface area contributed by atoms with Gasteiger partial charge in [-0.15, -0.1) is 0 Å². The summed E-state index contributed by atoms with van der Waals surface area (Å²) in [5.74, 6) is 0. The van der Waals surface area contributed by atoms with Gasteiger partial charge in [0.15, 0.2) is 5.43 Å². The molecule has 1 aliphatic rings. The maximum atomic E-state index is 11.5. The standard InChI is InChI=1S/C13H21N3O2/c1-11(10-16-4-6-18-7-5-16)15-9-12-8-14-3-2-13(12)17/h2-3,8,11,15H,4-7,9-10H2,1H3,(H,14,17). The average molecular weight is 251 g/mol. The third kappa shape index (κ3) is 3.94. The van der Waals surface area contributed by atoms with E-state index in [1.165, 1.54) is 0 Å². The molecule has 2 heterocycles. The highest BCUT2D eigenvalue weighted by molar-refractivity contribution is 5.08. The van der Waals surface area contributed by atoms with Gasteiger partial charge in [-0.1, -0.05) is 0 Å². The molecule has 0 amide bonds. The van der Waals surface area contributed by atoms with Crippen molar-refractivity contribution >= 4 is 0 Å². The van der Waals surface area contributed by atoms with Gasteiger partial charge in [0.2, 0.25) is 0 Å². The lowest BCUT2D eigenvalue weighted by Gasteiger charge is -2.29. The van der Waals surface area contributed by atoms with Gasteiger partial charge in [0, 0.05) is 56.2 Å². The molecule has 0 radical (unpaired) electrons. The van der Waals surface area contributed by atoms with Gasteiger partial charge in [0.25, 0.3) is 0 Å². The minimum Gasteiger partial charge on any atom is -0.379 e. The maximum absolute atomic E-state index is 11.5. The van der Waals surface area contributed by atoms with Crippen molar-refractivity contribution in [3.63, 3.8) is 0 Å². The van der Waals surface area contributed by atoms with Crippen LogP contribution >= 0.6 is 0 Å². The number of aromatic nitrogens is 1. The van der Waals surface area contributed by atoms with Crippen molar-refractivity contribution in [3.8, 4) is 0 Å². The van der Waals surface area contributed by atoms with E-state index in [1.54, 1.807) is 18.5 Å². The second-order valence-electron chi connectivity index (χ2n) is 4.73. The molecule has 5 nitrogen and oxygen atoms in total. The van der Waals surface area contributed by atoms with E-state index in [0.717, 1.165) is 38.4 Å². The number of nitrogens with zero attached hydrogens (tertiary/aromatic N) is 1. The molecule has 1 unspecified atom stereocenters. The highest BCUT2D eigenvalue weighted by Gasteiger charge is 2.13. The fourth-order valence-electron chi connectivity index (χ4n) is 2.11. The molecule has 0 aliphatic carbocycles. The molecule has 18 heavy (non-hydrogen) atoms. The molecule has 1 saturated heterocycles. The van der Waals surface area contributed by atoms with Crippen LogP contribution < -0.4 is 10.7 Å². The van der Waals surface area contributed by atoms with E-state index in [1.807, 2.05) is 0 Å². The van der Waals surface area contributed by atoms with Crippen molar-refractivity contribution in [1.82, 2.24) is 15.2 Å². The first kappa shape index (κ1) is 13.3. The van der Waals surface area contributed by atoms with Crippen LogP contribution in [0.4, 0.5) is 0 Å². The first-order valence-electron chi connectivity index (χ1n) is 6.45. The molecule has 5 heteroatoms. The predicted octanol–water partition coefficient (Wildman–Crippen LogP) is 0.185. The number of pyridine rings is 1. The van der Waals surface area contributed by atoms with Crippen LogP contribution in [0.1, 0.15) is 12.5 Å². The molecule has 1 aromatic rings. The van der Waals surface area contributed by atoms with Crippen LogP contribution in [0, 0.1) is 0 Å². The highest BCUT2D eigenvalue weighted by Crippen LogP contribution is 1.99. The monoisotopic (exact) mass is 251 g/mol. The highest BCUT2D eigenvalue weighted by atomic mass is 16.5. The van der Waals surface area contributed by atoms with Crippen LogP contribution in [0.5, 0.6) is 0 Å². The molecule has 0 aromatic carbocycles. The third-order valence-electron chi connectivity index (χ3n) is 3.18. The van der Waals surface area contributed by atoms with Crippen molar-refractivity contribution in [2.24, 2.45) is 0 Å². The smallest absolute Gasteiger partial charge is 0.186 e. The predicted molar refractivity (Wildman–Crippen MR) is 70.6 cm³/mol. The summed E-state index contributed by atoms with van der Waals surface area (Å²) < 4.78 is 5.32. The van der Waals surface area contributed by atoms with E-state index in [9.17, 15) is 4.79 Å². The molecule has 1 fully saturated rings. The number of ether oxygens (including phenoxy) is 1. The summed E-state index contributed by atoms with van der Waals surface area (Å²) in [6.45, 7) is 7.40. The van der Waals surface area contributed by atoms with E-state index in [2.05, 4.69) is 22.1 Å². The zero-order chi connectivity index (χ0) is 12.8. The summed E-state index contributed by atoms with van der Waals surface area (Å²) in [5.41, 5.74) is 0.867. The first-order chi connectivity index (χ1) is 8.75. The third-order valence-corrected chi connectivity index (χ3v) is 3.18. The minimum atomic E-state index is 0.0832. The summed E-state index contributed by atoms with van der Waals surface area (Å²) >= 11 is 0. The zero-order valence-electron chi connectivity index (χ0n) is 10.8. The SMILES string of the molecule is CC(CN1CCOCC1)NCc1c[nH]ccc1=O. The molecule has 2 rings (SSSR count). The summed E-state index contributed by atoms with van der Waals surface area (Å²) in [4.78, 5) is 16.9. The van der Waals surface area contributed by atoms with Gasteiger partial charge in [0.05, 0.1) is 13.2 Å². The number of morpholine rings is 1. The Balaban J connectivity index is 1.76. The molecule has 0 spiro atoms. The van der Waals surface area contributed by atoms with Gasteiger partial charge in [-0.3, -0.25) is 9.69 Å². The lowest BCUT2D eigenvalue weighted by Crippen LogP contribution is -2.44. The average Bonchev–Trinajstić information content (AvgIpc) is 2.39. The molecular weight excluding hydrogens is 230 g/mol. The van der Waals surface area contributed by atoms with Crippen LogP contribution in [0.2, 0.25) is 0 Å². The normalized spacial score (nSPS) is 18.7. The van der Waals surface area contributed by atoms with Gasteiger partial charge in [-0.2, -0.15) is 0 Å². The van der Waals surface area contributed by atoms with Crippen molar-refractivity contribution in [1.29, 1.82) is 0 Å². The van der Waals surface area contributed by atoms with Crippen molar-refractivity contribution in [3.05, 3.63) is 34.2 Å². The molecule has 1 atom stereocenters. The summed E-state index contributed by atoms with van der Waals surface area (Å²) in [5, 5.41) is 3.38. The minimum absolute atomic E-state index is 0.0832. The number of hydrogen-bond donors (Lipinski definition) is 2. The van der Waals surface area contributed by atoms with Gasteiger partial charge in [0.1, 0.15) is 0 Å². The van der Waals surface area contributed by atoms with Crippen molar-refractivity contribution in [2.75, 3.05) is 32.8 Å². The quantitative estimate of drug-likeness (QED) is 0.784. The topological polar surface area (TPSA) is 57.4 Å². The maximum Gasteiger partial charge on any atom is 0.186 e. The Labute approximate surface area is 107 Å². The van der Waals surface area contributed by atoms with Gasteiger partial charge >= 0.3 is 0 Å². The Kier molecular flexibility index (Phi) is 4.92. The number of rotatable bonds is 5. The van der Waals surface area contributed by atoms with Crippen LogP contribution in [0.3, 0.4) is 0 Å². The van der Waals surface area contributed by atoms with Crippen molar-refractivity contribution in [2.45, 2.75) is 19.5 Å². The van der Waals surface area contributed by atoms with E-state index < -0.39 is 0 Å². The molecule has 1 aliphatic heterocycles. The van der Waals surface area contributed by atoms with Crippen LogP contribution in [0.25, 0.3) is 0 Å². The van der Waals surface area contributed by atoms with E-state index in [-0.39, 0.29) is 5.43 Å². The van der Waals surface area contributed by atoms with Gasteiger partial charge in [-0.05, 0) is 6.92 Å². The second kappa shape index (κ2) is 6.68. The Bertz CT molecular complexity index is 413. The largest absolute Gasteiger partial charge is 0.379 e. The Morgan fingerprint density at radius 1 is 1.50 bits per heavy atom. The van der Waals surface area contributed by atoms with Gasteiger partial charge < -0.3 is 15.0 Å². The first-order valence-corrected chi connectivity index (χ1v) is 6.45. The number of aromatic amines is 1. The number of nitrogens with one attached hydrogen (secondary N) is 2. The van der Waals surface area contributed by atoms with E-state index in [4.69, 9.17) is 4.74 Å². The summed E-state index contributed by atoms with van der Waals surface area (Å²) in [7, 11) is 0. The number of H-pyrrole nitrogens is 1. The van der Waals surface area contributed by atoms with E-state index >= 15 is 0 Å². The second-order valence-corrected chi connectivity index (χ2v) is 4.73. The Morgan fingerprint density at radius 3 is 3.00 bits per heavy atom. The lowest BCUT2D eigenvalue weighted by molar-refractivity contribution is 0.0343. The lowest BCUT2D eigenvalue weighted by atomic mass is 10.2. The fourth-order valence-corrected chi connectivity index (χ4v) is 2.11. The molecule has 0 saturated carbocycles. The van der Waals surface area contributed by atoms with Crippen molar-refractivity contribution < 1.29 is 4.74 Å². The summed E-state index contributed by atoms with van der Waals surface area (Å²) in [6.07, 6.45) is 3.42. The molecular formula is C13H21N3O2. The molecule has 100 valence electrons. The Hall–Kier alpha value is -1.17. The van der Waals surface area contributed by atoms with E-state index in [0.29, 0.717) is 12.6 Å². The van der Waals surface area contributed by atoms with Crippen LogP contribution in [0.15, 0.2) is 23.3 Å². The van der Waals surface area contributed by atoms with Crippen LogP contribution in [-0.2, 0) is 11.3 Å². The molecule has 2 N–H and O–H groups in total. The Morgan fingerprint density at radius 2 is 2.28 bits per heavy atom. The molecule has 1 aromatic heterocycles. The zero-order valence-corrected chi connectivity index (χ0v) is 10.8. The summed E-state index contributed by atoms with van der Waals surface area (Å²) in [6, 6.07) is 1.92. The number of hydrogen-bond acceptors (Lipinski definition) is 4.